The maximum absolute atomic E-state index is 10.6. The maximum Gasteiger partial charge on any atom is 0.292 e. The number of benzene rings is 1. The molecule has 1 heterocycles. The fraction of sp³-hybridized carbons (Fsp3) is 0.100. The number of nitrogens with two attached hydrogens (primary N) is 1. The van der Waals surface area contributed by atoms with Crippen LogP contribution < -0.4 is 5.73 Å². The summed E-state index contributed by atoms with van der Waals surface area (Å²) < 4.78 is 0.899. The van der Waals surface area contributed by atoms with Crippen molar-refractivity contribution in [2.24, 2.45) is 0 Å². The molecule has 0 aliphatic rings. The van der Waals surface area contributed by atoms with Crippen LogP contribution in [0.3, 0.4) is 0 Å². The lowest BCUT2D eigenvalue weighted by Crippen LogP contribution is -1.95. The van der Waals surface area contributed by atoms with Crippen molar-refractivity contribution < 1.29 is 4.92 Å². The van der Waals surface area contributed by atoms with Crippen LogP contribution in [0.2, 0.25) is 0 Å². The minimum atomic E-state index is -0.489. The van der Waals surface area contributed by atoms with E-state index in [1.165, 1.54) is 29.2 Å². The van der Waals surface area contributed by atoms with Crippen LogP contribution in [0.5, 0.6) is 0 Å². The highest BCUT2D eigenvalue weighted by Gasteiger charge is 2.12. The predicted molar refractivity (Wildman–Crippen MR) is 68.5 cm³/mol. The lowest BCUT2D eigenvalue weighted by molar-refractivity contribution is -0.383. The van der Waals surface area contributed by atoms with Crippen LogP contribution in [0.25, 0.3) is 0 Å². The summed E-state index contributed by atoms with van der Waals surface area (Å²) in [7, 11) is 0. The van der Waals surface area contributed by atoms with E-state index in [2.05, 4.69) is 4.98 Å². The molecule has 0 fully saturated rings. The van der Waals surface area contributed by atoms with E-state index in [1.54, 1.807) is 12.1 Å². The fourth-order valence-electron chi connectivity index (χ4n) is 1.24. The summed E-state index contributed by atoms with van der Waals surface area (Å²) >= 11 is 2.99. The molecular formula is C10H9N3O2S2. The van der Waals surface area contributed by atoms with E-state index in [4.69, 9.17) is 5.73 Å². The van der Waals surface area contributed by atoms with Gasteiger partial charge < -0.3 is 5.73 Å². The highest BCUT2D eigenvalue weighted by atomic mass is 32.2. The lowest BCUT2D eigenvalue weighted by atomic mass is 10.3. The monoisotopic (exact) mass is 267 g/mol. The second kappa shape index (κ2) is 4.72. The van der Waals surface area contributed by atoms with E-state index in [-0.39, 0.29) is 11.4 Å². The van der Waals surface area contributed by atoms with Gasteiger partial charge in [0.1, 0.15) is 5.69 Å². The van der Waals surface area contributed by atoms with E-state index < -0.39 is 4.92 Å². The molecule has 0 amide bonds. The van der Waals surface area contributed by atoms with Crippen LogP contribution in [0.1, 0.15) is 5.69 Å². The van der Waals surface area contributed by atoms with Gasteiger partial charge in [-0.15, -0.1) is 11.3 Å². The van der Waals surface area contributed by atoms with Crippen molar-refractivity contribution in [2.45, 2.75) is 16.2 Å². The number of aromatic nitrogens is 1. The maximum atomic E-state index is 10.6. The molecule has 0 aliphatic carbocycles. The Morgan fingerprint density at radius 3 is 2.82 bits per heavy atom. The molecule has 88 valence electrons. The Balaban J connectivity index is 2.23. The van der Waals surface area contributed by atoms with Gasteiger partial charge in [0.05, 0.1) is 4.92 Å². The molecule has 0 unspecified atom stereocenters. The number of hydrogen-bond donors (Lipinski definition) is 1. The third kappa shape index (κ3) is 2.75. The molecule has 0 atom stereocenters. The minimum absolute atomic E-state index is 0.0651. The molecule has 0 saturated carbocycles. The number of nitro groups is 1. The molecule has 5 nitrogen and oxygen atoms in total. The summed E-state index contributed by atoms with van der Waals surface area (Å²) in [4.78, 5) is 15.3. The van der Waals surface area contributed by atoms with Gasteiger partial charge in [-0.05, 0) is 19.1 Å². The van der Waals surface area contributed by atoms with Gasteiger partial charge in [-0.1, -0.05) is 11.8 Å². The van der Waals surface area contributed by atoms with E-state index >= 15 is 0 Å². The summed E-state index contributed by atoms with van der Waals surface area (Å²) in [6.07, 6.45) is 0. The molecule has 0 spiro atoms. The first kappa shape index (κ1) is 11.9. The molecule has 2 N–H and O–H groups in total. The van der Waals surface area contributed by atoms with Crippen molar-refractivity contribution >= 4 is 34.5 Å². The zero-order valence-electron chi connectivity index (χ0n) is 8.91. The number of rotatable bonds is 3. The van der Waals surface area contributed by atoms with Crippen LogP contribution >= 0.6 is 23.1 Å². The number of nitro benzene ring substituents is 1. The van der Waals surface area contributed by atoms with Gasteiger partial charge in [-0.25, -0.2) is 4.98 Å². The molecule has 0 bridgehead atoms. The zero-order valence-corrected chi connectivity index (χ0v) is 10.5. The Kier molecular flexibility index (Phi) is 3.30. The summed E-state index contributed by atoms with van der Waals surface area (Å²) in [5.74, 6) is 0. The molecule has 0 saturated heterocycles. The highest BCUT2D eigenvalue weighted by molar-refractivity contribution is 8.01. The standard InChI is InChI=1S/C10H9N3O2S2/c1-6-5-16-10(12-6)17-7-2-3-9(13(14)15)8(11)4-7/h2-5H,11H2,1H3. The second-order valence-corrected chi connectivity index (χ2v) is 5.51. The van der Waals surface area contributed by atoms with Crippen molar-refractivity contribution in [1.29, 1.82) is 0 Å². The highest BCUT2D eigenvalue weighted by Crippen LogP contribution is 2.33. The molecule has 0 radical (unpaired) electrons. The Bertz CT molecular complexity index is 568. The molecule has 0 aliphatic heterocycles. The number of thiazole rings is 1. The largest absolute Gasteiger partial charge is 0.393 e. The smallest absolute Gasteiger partial charge is 0.292 e. The van der Waals surface area contributed by atoms with Gasteiger partial charge in [0.15, 0.2) is 4.34 Å². The van der Waals surface area contributed by atoms with Crippen molar-refractivity contribution in [3.63, 3.8) is 0 Å². The van der Waals surface area contributed by atoms with E-state index in [1.807, 2.05) is 12.3 Å². The number of hydrogen-bond acceptors (Lipinski definition) is 6. The first-order valence-corrected chi connectivity index (χ1v) is 6.40. The van der Waals surface area contributed by atoms with Gasteiger partial charge in [0.25, 0.3) is 5.69 Å². The Hall–Kier alpha value is -1.60. The molecular weight excluding hydrogens is 258 g/mol. The summed E-state index contributed by atoms with van der Waals surface area (Å²) in [5, 5.41) is 12.6. The average Bonchev–Trinajstić information content (AvgIpc) is 2.63. The number of nitrogens with zero attached hydrogens (tertiary/aromatic N) is 2. The molecule has 2 aromatic rings. The van der Waals surface area contributed by atoms with Crippen LogP contribution in [0.4, 0.5) is 11.4 Å². The first-order chi connectivity index (χ1) is 8.06. The third-order valence-electron chi connectivity index (χ3n) is 2.00. The van der Waals surface area contributed by atoms with Crippen molar-refractivity contribution in [2.75, 3.05) is 5.73 Å². The number of aryl methyl sites for hydroxylation is 1. The zero-order chi connectivity index (χ0) is 12.4. The van der Waals surface area contributed by atoms with Gasteiger partial charge in [0, 0.05) is 22.0 Å². The van der Waals surface area contributed by atoms with Crippen molar-refractivity contribution in [1.82, 2.24) is 4.98 Å². The van der Waals surface area contributed by atoms with Crippen LogP contribution in [-0.4, -0.2) is 9.91 Å². The van der Waals surface area contributed by atoms with Gasteiger partial charge >= 0.3 is 0 Å². The molecule has 17 heavy (non-hydrogen) atoms. The molecule has 1 aromatic carbocycles. The number of anilines is 1. The Labute approximate surface area is 106 Å². The predicted octanol–water partition coefficient (Wildman–Crippen LogP) is 3.09. The first-order valence-electron chi connectivity index (χ1n) is 4.70. The van der Waals surface area contributed by atoms with Gasteiger partial charge in [0.2, 0.25) is 0 Å². The van der Waals surface area contributed by atoms with Gasteiger partial charge in [-0.3, -0.25) is 10.1 Å². The van der Waals surface area contributed by atoms with Gasteiger partial charge in [-0.2, -0.15) is 0 Å². The average molecular weight is 267 g/mol. The van der Waals surface area contributed by atoms with Crippen molar-refractivity contribution in [3.8, 4) is 0 Å². The van der Waals surface area contributed by atoms with E-state index in [9.17, 15) is 10.1 Å². The Morgan fingerprint density at radius 2 is 2.29 bits per heavy atom. The van der Waals surface area contributed by atoms with E-state index in [0.29, 0.717) is 0 Å². The second-order valence-electron chi connectivity index (χ2n) is 3.33. The van der Waals surface area contributed by atoms with Crippen LogP contribution in [0, 0.1) is 17.0 Å². The minimum Gasteiger partial charge on any atom is -0.393 e. The summed E-state index contributed by atoms with van der Waals surface area (Å²) in [6.45, 7) is 1.92. The lowest BCUT2D eigenvalue weighted by Gasteiger charge is -2.00. The van der Waals surface area contributed by atoms with Crippen LogP contribution in [-0.2, 0) is 0 Å². The number of nitrogen functional groups attached to an aromatic ring is 1. The normalized spacial score (nSPS) is 10.4. The molecule has 2 rings (SSSR count). The van der Waals surface area contributed by atoms with E-state index in [0.717, 1.165) is 14.9 Å². The van der Waals surface area contributed by atoms with Crippen LogP contribution in [0.15, 0.2) is 32.8 Å². The molecule has 1 aromatic heterocycles. The third-order valence-corrected chi connectivity index (χ3v) is 4.04. The SMILES string of the molecule is Cc1csc(Sc2ccc([N+](=O)[O-])c(N)c2)n1. The van der Waals surface area contributed by atoms with Crippen molar-refractivity contribution in [3.05, 3.63) is 39.4 Å². The molecule has 7 heteroatoms. The quantitative estimate of drug-likeness (QED) is 0.525. The Morgan fingerprint density at radius 1 is 1.53 bits per heavy atom. The summed E-state index contributed by atoms with van der Waals surface area (Å²) in [5.41, 5.74) is 6.68. The topological polar surface area (TPSA) is 82.0 Å². The summed E-state index contributed by atoms with van der Waals surface area (Å²) in [6, 6.07) is 4.69. The fourth-order valence-corrected chi connectivity index (χ4v) is 3.10.